The van der Waals surface area contributed by atoms with Crippen molar-refractivity contribution >= 4 is 11.6 Å². The fourth-order valence-electron chi connectivity index (χ4n) is 3.54. The van der Waals surface area contributed by atoms with E-state index in [0.29, 0.717) is 37.6 Å². The lowest BCUT2D eigenvalue weighted by atomic mass is 9.86. The summed E-state index contributed by atoms with van der Waals surface area (Å²) in [6.07, 6.45) is -4.37. The van der Waals surface area contributed by atoms with E-state index in [1.165, 1.54) is 6.07 Å². The van der Waals surface area contributed by atoms with Crippen LogP contribution in [0.1, 0.15) is 31.9 Å². The number of benzene rings is 2. The van der Waals surface area contributed by atoms with Crippen LogP contribution in [-0.4, -0.2) is 43.6 Å². The van der Waals surface area contributed by atoms with Crippen LogP contribution in [0.3, 0.4) is 0 Å². The lowest BCUT2D eigenvalue weighted by Crippen LogP contribution is -2.50. The van der Waals surface area contributed by atoms with Gasteiger partial charge in [-0.2, -0.15) is 13.2 Å². The smallest absolute Gasteiger partial charge is 0.416 e. The van der Waals surface area contributed by atoms with Crippen LogP contribution in [0.25, 0.3) is 0 Å². The van der Waals surface area contributed by atoms with E-state index in [9.17, 15) is 18.0 Å². The Bertz CT molecular complexity index is 883. The number of halogens is 3. The summed E-state index contributed by atoms with van der Waals surface area (Å²) < 4.78 is 44.6. The van der Waals surface area contributed by atoms with Crippen molar-refractivity contribution in [1.29, 1.82) is 0 Å². The van der Waals surface area contributed by atoms with Crippen molar-refractivity contribution in [3.63, 3.8) is 0 Å². The average molecular weight is 420 g/mol. The van der Waals surface area contributed by atoms with Gasteiger partial charge in [0, 0.05) is 31.9 Å². The molecule has 1 heterocycles. The van der Waals surface area contributed by atoms with E-state index in [2.05, 4.69) is 20.8 Å². The number of nitrogens with zero attached hydrogens (tertiary/aromatic N) is 2. The highest BCUT2D eigenvalue weighted by Crippen LogP contribution is 2.32. The van der Waals surface area contributed by atoms with Crippen LogP contribution in [0.4, 0.5) is 18.9 Å². The first-order valence-electron chi connectivity index (χ1n) is 9.98. The number of alkyl halides is 3. The molecule has 0 aromatic heterocycles. The van der Waals surface area contributed by atoms with Crippen molar-refractivity contribution in [2.45, 2.75) is 32.4 Å². The molecule has 0 radical (unpaired) electrons. The molecule has 7 heteroatoms. The fraction of sp³-hybridized carbons (Fsp3) is 0.435. The number of hydrogen-bond acceptors (Lipinski definition) is 3. The Balaban J connectivity index is 1.57. The van der Waals surface area contributed by atoms with Crippen LogP contribution in [-0.2, 0) is 16.4 Å². The monoisotopic (exact) mass is 420 g/mol. The van der Waals surface area contributed by atoms with Crippen LogP contribution in [0.15, 0.2) is 48.5 Å². The number of para-hydroxylation sites is 1. The zero-order valence-corrected chi connectivity index (χ0v) is 17.5. The minimum atomic E-state index is -4.37. The van der Waals surface area contributed by atoms with Gasteiger partial charge in [0.05, 0.1) is 5.56 Å². The van der Waals surface area contributed by atoms with E-state index in [-0.39, 0.29) is 17.9 Å². The number of carbonyl (C=O) groups is 1. The van der Waals surface area contributed by atoms with Gasteiger partial charge in [-0.1, -0.05) is 45.0 Å². The van der Waals surface area contributed by atoms with Gasteiger partial charge in [-0.3, -0.25) is 4.79 Å². The molecule has 3 rings (SSSR count). The lowest BCUT2D eigenvalue weighted by Gasteiger charge is -2.36. The Morgan fingerprint density at radius 3 is 2.27 bits per heavy atom. The number of amides is 1. The summed E-state index contributed by atoms with van der Waals surface area (Å²) in [6, 6.07) is 13.0. The van der Waals surface area contributed by atoms with E-state index >= 15 is 0 Å². The summed E-state index contributed by atoms with van der Waals surface area (Å²) in [4.78, 5) is 16.2. The SMILES string of the molecule is CC(C)(C)c1ccccc1OCC(=O)N1CCN(c2cccc(C(F)(F)F)c2)CC1. The molecule has 0 saturated carbocycles. The highest BCUT2D eigenvalue weighted by molar-refractivity contribution is 5.78. The Morgan fingerprint density at radius 1 is 0.967 bits per heavy atom. The molecule has 162 valence electrons. The maximum absolute atomic E-state index is 12.9. The normalized spacial score (nSPS) is 15.3. The fourth-order valence-corrected chi connectivity index (χ4v) is 3.54. The number of carbonyl (C=O) groups excluding carboxylic acids is 1. The summed E-state index contributed by atoms with van der Waals surface area (Å²) in [5, 5.41) is 0. The van der Waals surface area contributed by atoms with Gasteiger partial charge in [-0.15, -0.1) is 0 Å². The molecule has 1 saturated heterocycles. The molecule has 0 N–H and O–H groups in total. The van der Waals surface area contributed by atoms with Crippen molar-refractivity contribution in [3.05, 3.63) is 59.7 Å². The van der Waals surface area contributed by atoms with E-state index in [4.69, 9.17) is 4.74 Å². The lowest BCUT2D eigenvalue weighted by molar-refractivity contribution is -0.137. The minimum Gasteiger partial charge on any atom is -0.483 e. The maximum Gasteiger partial charge on any atom is 0.416 e. The summed E-state index contributed by atoms with van der Waals surface area (Å²) in [7, 11) is 0. The second kappa shape index (κ2) is 8.58. The summed E-state index contributed by atoms with van der Waals surface area (Å²) in [6.45, 7) is 8.05. The van der Waals surface area contributed by atoms with E-state index in [1.54, 1.807) is 11.0 Å². The van der Waals surface area contributed by atoms with E-state index in [0.717, 1.165) is 17.7 Å². The van der Waals surface area contributed by atoms with Crippen molar-refractivity contribution in [2.24, 2.45) is 0 Å². The quantitative estimate of drug-likeness (QED) is 0.717. The van der Waals surface area contributed by atoms with Crippen molar-refractivity contribution in [3.8, 4) is 5.75 Å². The van der Waals surface area contributed by atoms with Crippen LogP contribution in [0.2, 0.25) is 0 Å². The van der Waals surface area contributed by atoms with Gasteiger partial charge in [0.2, 0.25) is 0 Å². The van der Waals surface area contributed by atoms with Crippen molar-refractivity contribution in [1.82, 2.24) is 4.90 Å². The van der Waals surface area contributed by atoms with E-state index < -0.39 is 11.7 Å². The molecule has 1 aliphatic rings. The molecule has 0 unspecified atom stereocenters. The molecule has 0 atom stereocenters. The second-order valence-electron chi connectivity index (χ2n) is 8.45. The predicted octanol–water partition coefficient (Wildman–Crippen LogP) is 4.73. The van der Waals surface area contributed by atoms with Gasteiger partial charge < -0.3 is 14.5 Å². The molecule has 0 aliphatic carbocycles. The minimum absolute atomic E-state index is 0.0589. The van der Waals surface area contributed by atoms with Crippen molar-refractivity contribution < 1.29 is 22.7 Å². The molecule has 0 spiro atoms. The molecular formula is C23H27F3N2O2. The molecule has 1 amide bonds. The highest BCUT2D eigenvalue weighted by Gasteiger charge is 2.31. The summed E-state index contributed by atoms with van der Waals surface area (Å²) in [5.74, 6) is 0.573. The first-order valence-corrected chi connectivity index (χ1v) is 9.98. The van der Waals surface area contributed by atoms with Gasteiger partial charge in [0.25, 0.3) is 5.91 Å². The molecule has 2 aromatic carbocycles. The maximum atomic E-state index is 12.9. The Labute approximate surface area is 175 Å². The Kier molecular flexibility index (Phi) is 6.29. The van der Waals surface area contributed by atoms with Gasteiger partial charge in [-0.25, -0.2) is 0 Å². The zero-order valence-electron chi connectivity index (χ0n) is 17.5. The third kappa shape index (κ3) is 5.26. The predicted molar refractivity (Wildman–Crippen MR) is 111 cm³/mol. The number of piperazine rings is 1. The first-order chi connectivity index (χ1) is 14.1. The third-order valence-corrected chi connectivity index (χ3v) is 5.22. The molecular weight excluding hydrogens is 393 g/mol. The average Bonchev–Trinajstić information content (AvgIpc) is 2.71. The highest BCUT2D eigenvalue weighted by atomic mass is 19.4. The van der Waals surface area contributed by atoms with Crippen LogP contribution in [0.5, 0.6) is 5.75 Å². The standard InChI is InChI=1S/C23H27F3N2O2/c1-22(2,3)19-9-4-5-10-20(19)30-16-21(29)28-13-11-27(12-14-28)18-8-6-7-17(15-18)23(24,25)26/h4-10,15H,11-14,16H2,1-3H3. The van der Waals surface area contributed by atoms with Gasteiger partial charge >= 0.3 is 6.18 Å². The Hall–Kier alpha value is -2.70. The Morgan fingerprint density at radius 2 is 1.63 bits per heavy atom. The molecule has 4 nitrogen and oxygen atoms in total. The third-order valence-electron chi connectivity index (χ3n) is 5.22. The number of ether oxygens (including phenoxy) is 1. The molecule has 1 aliphatic heterocycles. The van der Waals surface area contributed by atoms with E-state index in [1.807, 2.05) is 29.2 Å². The number of rotatable bonds is 4. The summed E-state index contributed by atoms with van der Waals surface area (Å²) >= 11 is 0. The zero-order chi connectivity index (χ0) is 21.9. The molecule has 2 aromatic rings. The number of anilines is 1. The molecule has 30 heavy (non-hydrogen) atoms. The topological polar surface area (TPSA) is 32.8 Å². The molecule has 0 bridgehead atoms. The van der Waals surface area contributed by atoms with Crippen molar-refractivity contribution in [2.75, 3.05) is 37.7 Å². The second-order valence-corrected chi connectivity index (χ2v) is 8.45. The van der Waals surface area contributed by atoms with Crippen LogP contribution < -0.4 is 9.64 Å². The van der Waals surface area contributed by atoms with Gasteiger partial charge in [-0.05, 0) is 35.2 Å². The van der Waals surface area contributed by atoms with Gasteiger partial charge in [0.15, 0.2) is 6.61 Å². The summed E-state index contributed by atoms with van der Waals surface area (Å²) in [5.41, 5.74) is 0.791. The molecule has 1 fully saturated rings. The van der Waals surface area contributed by atoms with Crippen LogP contribution in [0, 0.1) is 0 Å². The van der Waals surface area contributed by atoms with Gasteiger partial charge in [0.1, 0.15) is 5.75 Å². The largest absolute Gasteiger partial charge is 0.483 e. The number of hydrogen-bond donors (Lipinski definition) is 0. The van der Waals surface area contributed by atoms with Crippen LogP contribution >= 0.6 is 0 Å². The first kappa shape index (κ1) is 22.0.